The first-order valence-corrected chi connectivity index (χ1v) is 7.08. The second-order valence-electron chi connectivity index (χ2n) is 6.50. The van der Waals surface area contributed by atoms with Gasteiger partial charge in [0.1, 0.15) is 18.0 Å². The fraction of sp³-hybridized carbons (Fsp3) is 0.857. The van der Waals surface area contributed by atoms with Crippen LogP contribution in [0.2, 0.25) is 0 Å². The number of nitrogens with two attached hydrogens (primary N) is 2. The molecule has 0 saturated carbocycles. The van der Waals surface area contributed by atoms with E-state index >= 15 is 0 Å². The molecule has 5 heteroatoms. The average molecular weight is 267 g/mol. The fourth-order valence-electron chi connectivity index (χ4n) is 1.96. The first-order chi connectivity index (χ1) is 8.68. The summed E-state index contributed by atoms with van der Waals surface area (Å²) in [5, 5.41) is 0. The molecule has 5 nitrogen and oxygen atoms in total. The third-order valence-corrected chi connectivity index (χ3v) is 3.99. The molecule has 0 bridgehead atoms. The summed E-state index contributed by atoms with van der Waals surface area (Å²) in [5.74, 6) is 0.543. The van der Waals surface area contributed by atoms with E-state index in [0.717, 1.165) is 6.42 Å². The highest BCUT2D eigenvalue weighted by Crippen LogP contribution is 2.26. The summed E-state index contributed by atoms with van der Waals surface area (Å²) in [5.41, 5.74) is 12.5. The van der Waals surface area contributed by atoms with Gasteiger partial charge in [0.2, 0.25) is 0 Å². The Kier molecular flexibility index (Phi) is 4.96. The van der Waals surface area contributed by atoms with E-state index in [9.17, 15) is 0 Å². The predicted molar refractivity (Wildman–Crippen MR) is 82.4 cm³/mol. The van der Waals surface area contributed by atoms with Gasteiger partial charge in [-0.25, -0.2) is 0 Å². The number of hydrogen-bond acceptors (Lipinski definition) is 4. The molecule has 0 aromatic carbocycles. The van der Waals surface area contributed by atoms with Crippen LogP contribution >= 0.6 is 0 Å². The maximum Gasteiger partial charge on any atom is 0.142 e. The van der Waals surface area contributed by atoms with E-state index in [0.29, 0.717) is 11.9 Å². The van der Waals surface area contributed by atoms with Crippen molar-refractivity contribution in [3.8, 4) is 0 Å². The molecule has 0 aliphatic carbocycles. The zero-order valence-corrected chi connectivity index (χ0v) is 13.1. The van der Waals surface area contributed by atoms with Crippen molar-refractivity contribution in [2.24, 2.45) is 26.9 Å². The third-order valence-electron chi connectivity index (χ3n) is 3.99. The van der Waals surface area contributed by atoms with Crippen LogP contribution in [0.5, 0.6) is 0 Å². The second-order valence-corrected chi connectivity index (χ2v) is 6.50. The first-order valence-electron chi connectivity index (χ1n) is 7.08. The van der Waals surface area contributed by atoms with Crippen molar-refractivity contribution < 1.29 is 0 Å². The Hall–Kier alpha value is -1.10. The molecule has 4 atom stereocenters. The van der Waals surface area contributed by atoms with Gasteiger partial charge in [0, 0.05) is 12.1 Å². The summed E-state index contributed by atoms with van der Waals surface area (Å²) in [6.07, 6.45) is 2.57. The minimum Gasteiger partial charge on any atom is -0.386 e. The molecule has 0 fully saturated rings. The summed E-state index contributed by atoms with van der Waals surface area (Å²) < 4.78 is 0. The van der Waals surface area contributed by atoms with Crippen LogP contribution in [0.15, 0.2) is 9.98 Å². The van der Waals surface area contributed by atoms with Gasteiger partial charge in [0.05, 0.1) is 6.34 Å². The van der Waals surface area contributed by atoms with Crippen LogP contribution in [0.25, 0.3) is 0 Å². The summed E-state index contributed by atoms with van der Waals surface area (Å²) in [7, 11) is 0. The molecule has 0 saturated heterocycles. The molecule has 19 heavy (non-hydrogen) atoms. The highest BCUT2D eigenvalue weighted by Gasteiger charge is 2.36. The lowest BCUT2D eigenvalue weighted by atomic mass is 9.87. The maximum atomic E-state index is 6.28. The summed E-state index contributed by atoms with van der Waals surface area (Å²) >= 11 is 0. The molecule has 110 valence electrons. The SMILES string of the molecule is CCC(C)/N=C(/N)C1N=CN([C@H](C)C(C)(C)C)C1N. The van der Waals surface area contributed by atoms with Gasteiger partial charge in [-0.3, -0.25) is 9.98 Å². The summed E-state index contributed by atoms with van der Waals surface area (Å²) in [4.78, 5) is 11.0. The number of aliphatic imine (C=N–C) groups is 2. The van der Waals surface area contributed by atoms with Crippen molar-refractivity contribution in [3.63, 3.8) is 0 Å². The lowest BCUT2D eigenvalue weighted by Crippen LogP contribution is -2.54. The van der Waals surface area contributed by atoms with E-state index in [1.165, 1.54) is 0 Å². The van der Waals surface area contributed by atoms with Crippen LogP contribution in [-0.4, -0.2) is 41.4 Å². The standard InChI is InChI=1S/C14H29N5/c1-7-9(2)18-12(15)11-13(16)19(8-17-11)10(3)14(4,5)6/h8-11,13H,7,16H2,1-6H3,(H2,15,18)/t9?,10-,11?,13?/m1/s1. The summed E-state index contributed by atoms with van der Waals surface area (Å²) in [6.45, 7) is 12.9. The Morgan fingerprint density at radius 2 is 2.00 bits per heavy atom. The van der Waals surface area contributed by atoms with Crippen LogP contribution in [0, 0.1) is 5.41 Å². The van der Waals surface area contributed by atoms with Gasteiger partial charge in [-0.1, -0.05) is 27.7 Å². The van der Waals surface area contributed by atoms with E-state index in [4.69, 9.17) is 11.5 Å². The van der Waals surface area contributed by atoms with Gasteiger partial charge in [-0.05, 0) is 25.7 Å². The highest BCUT2D eigenvalue weighted by molar-refractivity contribution is 5.89. The molecule has 0 radical (unpaired) electrons. The number of hydrogen-bond donors (Lipinski definition) is 2. The molecule has 0 aromatic heterocycles. The molecule has 0 aromatic rings. The molecule has 1 rings (SSSR count). The van der Waals surface area contributed by atoms with Crippen LogP contribution in [0.3, 0.4) is 0 Å². The van der Waals surface area contributed by atoms with Crippen LogP contribution in [0.4, 0.5) is 0 Å². The van der Waals surface area contributed by atoms with Crippen molar-refractivity contribution in [3.05, 3.63) is 0 Å². The first kappa shape index (κ1) is 16.0. The van der Waals surface area contributed by atoms with E-state index < -0.39 is 0 Å². The van der Waals surface area contributed by atoms with Gasteiger partial charge >= 0.3 is 0 Å². The zero-order chi connectivity index (χ0) is 14.8. The zero-order valence-electron chi connectivity index (χ0n) is 13.1. The minimum atomic E-state index is -0.223. The Bertz CT molecular complexity index is 355. The minimum absolute atomic E-state index is 0.140. The predicted octanol–water partition coefficient (Wildman–Crippen LogP) is 1.57. The molecule has 4 N–H and O–H groups in total. The van der Waals surface area contributed by atoms with E-state index in [1.807, 2.05) is 13.3 Å². The monoisotopic (exact) mass is 267 g/mol. The van der Waals surface area contributed by atoms with Crippen molar-refractivity contribution in [2.75, 3.05) is 0 Å². The van der Waals surface area contributed by atoms with Gasteiger partial charge in [0.25, 0.3) is 0 Å². The van der Waals surface area contributed by atoms with E-state index in [1.54, 1.807) is 0 Å². The third kappa shape index (κ3) is 3.69. The number of amidine groups is 1. The van der Waals surface area contributed by atoms with E-state index in [2.05, 4.69) is 49.5 Å². The normalized spacial score (nSPS) is 27.7. The maximum absolute atomic E-state index is 6.28. The van der Waals surface area contributed by atoms with E-state index in [-0.39, 0.29) is 23.7 Å². The average Bonchev–Trinajstić information content (AvgIpc) is 2.68. The summed E-state index contributed by atoms with van der Waals surface area (Å²) in [6, 6.07) is 0.294. The number of nitrogens with zero attached hydrogens (tertiary/aromatic N) is 3. The Labute approximate surface area is 117 Å². The van der Waals surface area contributed by atoms with Crippen LogP contribution < -0.4 is 11.5 Å². The largest absolute Gasteiger partial charge is 0.386 e. The fourth-order valence-corrected chi connectivity index (χ4v) is 1.96. The van der Waals surface area contributed by atoms with Crippen molar-refractivity contribution >= 4 is 12.2 Å². The Morgan fingerprint density at radius 3 is 2.47 bits per heavy atom. The van der Waals surface area contributed by atoms with Crippen LogP contribution in [0.1, 0.15) is 48.0 Å². The van der Waals surface area contributed by atoms with Crippen molar-refractivity contribution in [1.82, 2.24) is 4.90 Å². The van der Waals surface area contributed by atoms with Gasteiger partial charge in [-0.2, -0.15) is 0 Å². The second kappa shape index (κ2) is 5.90. The topological polar surface area (TPSA) is 80.0 Å². The van der Waals surface area contributed by atoms with Gasteiger partial charge in [0.15, 0.2) is 0 Å². The molecule has 3 unspecified atom stereocenters. The Morgan fingerprint density at radius 1 is 1.42 bits per heavy atom. The van der Waals surface area contributed by atoms with Crippen molar-refractivity contribution in [1.29, 1.82) is 0 Å². The van der Waals surface area contributed by atoms with Gasteiger partial charge in [-0.15, -0.1) is 0 Å². The molecule has 1 aliphatic rings. The molecule has 1 heterocycles. The number of rotatable bonds is 4. The molecular weight excluding hydrogens is 238 g/mol. The van der Waals surface area contributed by atoms with Gasteiger partial charge < -0.3 is 16.4 Å². The quantitative estimate of drug-likeness (QED) is 0.599. The Balaban J connectivity index is 2.79. The smallest absolute Gasteiger partial charge is 0.142 e. The lowest BCUT2D eigenvalue weighted by Gasteiger charge is -2.38. The molecule has 1 aliphatic heterocycles. The van der Waals surface area contributed by atoms with Crippen molar-refractivity contribution in [2.45, 2.75) is 72.3 Å². The molecule has 0 amide bonds. The molecule has 0 spiro atoms. The molecular formula is C14H29N5. The van der Waals surface area contributed by atoms with Crippen LogP contribution in [-0.2, 0) is 0 Å². The lowest BCUT2D eigenvalue weighted by molar-refractivity contribution is 0.157. The highest BCUT2D eigenvalue weighted by atomic mass is 15.3.